The predicted octanol–water partition coefficient (Wildman–Crippen LogP) is 4.69. The molecule has 0 aliphatic heterocycles. The SMILES string of the molecule is Cc1nc(Nc2ccc(N(C)C)cc2)c2c3c(sc2n1)CCCC3. The molecule has 5 heteroatoms. The summed E-state index contributed by atoms with van der Waals surface area (Å²) in [6.45, 7) is 1.97. The van der Waals surface area contributed by atoms with E-state index in [2.05, 4.69) is 53.6 Å². The summed E-state index contributed by atoms with van der Waals surface area (Å²) in [5.41, 5.74) is 3.72. The highest BCUT2D eigenvalue weighted by Gasteiger charge is 2.20. The molecule has 4 rings (SSSR count). The van der Waals surface area contributed by atoms with Crippen molar-refractivity contribution in [1.82, 2.24) is 9.97 Å². The first-order valence-corrected chi connectivity index (χ1v) is 9.27. The van der Waals surface area contributed by atoms with Gasteiger partial charge in [-0.2, -0.15) is 0 Å². The Kier molecular flexibility index (Phi) is 3.88. The van der Waals surface area contributed by atoms with E-state index in [4.69, 9.17) is 4.98 Å². The summed E-state index contributed by atoms with van der Waals surface area (Å²) in [5, 5.41) is 4.76. The second-order valence-corrected chi connectivity index (χ2v) is 7.66. The average molecular weight is 338 g/mol. The molecule has 0 bridgehead atoms. The van der Waals surface area contributed by atoms with Crippen LogP contribution in [0.3, 0.4) is 0 Å². The highest BCUT2D eigenvalue weighted by Crippen LogP contribution is 2.39. The summed E-state index contributed by atoms with van der Waals surface area (Å²) in [7, 11) is 4.11. The number of nitrogens with one attached hydrogen (secondary N) is 1. The highest BCUT2D eigenvalue weighted by atomic mass is 32.1. The van der Waals surface area contributed by atoms with Gasteiger partial charge in [-0.15, -0.1) is 11.3 Å². The quantitative estimate of drug-likeness (QED) is 0.752. The first kappa shape index (κ1) is 15.4. The summed E-state index contributed by atoms with van der Waals surface area (Å²) in [6.07, 6.45) is 4.90. The van der Waals surface area contributed by atoms with Gasteiger partial charge in [0.15, 0.2) is 0 Å². The van der Waals surface area contributed by atoms with E-state index in [0.29, 0.717) is 0 Å². The third-order valence-electron chi connectivity index (χ3n) is 4.57. The Morgan fingerprint density at radius 3 is 2.54 bits per heavy atom. The molecule has 4 nitrogen and oxygen atoms in total. The van der Waals surface area contributed by atoms with Crippen LogP contribution >= 0.6 is 11.3 Å². The molecule has 0 saturated heterocycles. The molecular formula is C19H22N4S. The molecule has 1 N–H and O–H groups in total. The molecule has 0 atom stereocenters. The van der Waals surface area contributed by atoms with Crippen molar-refractivity contribution in [2.24, 2.45) is 0 Å². The molecule has 0 spiro atoms. The van der Waals surface area contributed by atoms with Crippen molar-refractivity contribution in [3.05, 3.63) is 40.5 Å². The number of hydrogen-bond donors (Lipinski definition) is 1. The van der Waals surface area contributed by atoms with Gasteiger partial charge < -0.3 is 10.2 Å². The van der Waals surface area contributed by atoms with Crippen LogP contribution in [0.5, 0.6) is 0 Å². The van der Waals surface area contributed by atoms with Gasteiger partial charge in [0.1, 0.15) is 16.5 Å². The highest BCUT2D eigenvalue weighted by molar-refractivity contribution is 7.19. The summed E-state index contributed by atoms with van der Waals surface area (Å²) in [4.78, 5) is 14.1. The topological polar surface area (TPSA) is 41.1 Å². The second kappa shape index (κ2) is 6.06. The molecule has 0 radical (unpaired) electrons. The van der Waals surface area contributed by atoms with Gasteiger partial charge in [-0.05, 0) is 62.4 Å². The lowest BCUT2D eigenvalue weighted by atomic mass is 9.97. The van der Waals surface area contributed by atoms with Crippen molar-refractivity contribution in [3.8, 4) is 0 Å². The number of fused-ring (bicyclic) bond motifs is 3. The zero-order valence-corrected chi connectivity index (χ0v) is 15.2. The van der Waals surface area contributed by atoms with Crippen LogP contribution in [0.1, 0.15) is 29.1 Å². The first-order valence-electron chi connectivity index (χ1n) is 8.45. The number of thiophene rings is 1. The van der Waals surface area contributed by atoms with Crippen LogP contribution < -0.4 is 10.2 Å². The van der Waals surface area contributed by atoms with Crippen LogP contribution in [0.25, 0.3) is 10.2 Å². The van der Waals surface area contributed by atoms with Crippen molar-refractivity contribution in [1.29, 1.82) is 0 Å². The van der Waals surface area contributed by atoms with E-state index in [0.717, 1.165) is 28.6 Å². The summed E-state index contributed by atoms with van der Waals surface area (Å²) in [6, 6.07) is 8.46. The maximum absolute atomic E-state index is 4.71. The lowest BCUT2D eigenvalue weighted by molar-refractivity contribution is 0.700. The van der Waals surface area contributed by atoms with Crippen LogP contribution in [0.4, 0.5) is 17.2 Å². The Labute approximate surface area is 146 Å². The maximum atomic E-state index is 4.71. The fraction of sp³-hybridized carbons (Fsp3) is 0.368. The molecular weight excluding hydrogens is 316 g/mol. The third kappa shape index (κ3) is 2.73. The van der Waals surface area contributed by atoms with E-state index >= 15 is 0 Å². The molecule has 1 aliphatic rings. The van der Waals surface area contributed by atoms with Crippen molar-refractivity contribution >= 4 is 38.7 Å². The average Bonchev–Trinajstić information content (AvgIpc) is 2.93. The lowest BCUT2D eigenvalue weighted by Crippen LogP contribution is -2.08. The van der Waals surface area contributed by atoms with E-state index in [1.165, 1.54) is 40.8 Å². The van der Waals surface area contributed by atoms with E-state index in [-0.39, 0.29) is 0 Å². The first-order chi connectivity index (χ1) is 11.6. The zero-order valence-electron chi connectivity index (χ0n) is 14.4. The van der Waals surface area contributed by atoms with Gasteiger partial charge in [0.25, 0.3) is 0 Å². The second-order valence-electron chi connectivity index (χ2n) is 6.58. The van der Waals surface area contributed by atoms with Gasteiger partial charge in [-0.3, -0.25) is 0 Å². The molecule has 0 amide bonds. The minimum Gasteiger partial charge on any atom is -0.378 e. The lowest BCUT2D eigenvalue weighted by Gasteiger charge is -2.15. The van der Waals surface area contributed by atoms with Crippen LogP contribution in [0.15, 0.2) is 24.3 Å². The van der Waals surface area contributed by atoms with Gasteiger partial charge in [-0.1, -0.05) is 0 Å². The zero-order chi connectivity index (χ0) is 16.7. The number of benzene rings is 1. The van der Waals surface area contributed by atoms with E-state index in [1.54, 1.807) is 0 Å². The number of anilines is 3. The molecule has 3 aromatic rings. The van der Waals surface area contributed by atoms with E-state index in [1.807, 2.05) is 18.3 Å². The van der Waals surface area contributed by atoms with Crippen molar-refractivity contribution < 1.29 is 0 Å². The smallest absolute Gasteiger partial charge is 0.143 e. The van der Waals surface area contributed by atoms with Crippen LogP contribution in [-0.4, -0.2) is 24.1 Å². The molecule has 2 heterocycles. The Morgan fingerprint density at radius 1 is 1.04 bits per heavy atom. The van der Waals surface area contributed by atoms with Crippen molar-refractivity contribution in [2.75, 3.05) is 24.3 Å². The van der Waals surface area contributed by atoms with Gasteiger partial charge in [-0.25, -0.2) is 9.97 Å². The number of aryl methyl sites for hydroxylation is 3. The molecule has 1 aromatic carbocycles. The largest absolute Gasteiger partial charge is 0.378 e. The van der Waals surface area contributed by atoms with Gasteiger partial charge in [0.05, 0.1) is 5.39 Å². The van der Waals surface area contributed by atoms with Gasteiger partial charge in [0, 0.05) is 30.3 Å². The van der Waals surface area contributed by atoms with Crippen molar-refractivity contribution in [2.45, 2.75) is 32.6 Å². The van der Waals surface area contributed by atoms with Crippen LogP contribution in [0, 0.1) is 6.92 Å². The molecule has 0 unspecified atom stereocenters. The summed E-state index contributed by atoms with van der Waals surface area (Å²) < 4.78 is 0. The van der Waals surface area contributed by atoms with Crippen molar-refractivity contribution in [3.63, 3.8) is 0 Å². The van der Waals surface area contributed by atoms with Crippen LogP contribution in [0.2, 0.25) is 0 Å². The van der Waals surface area contributed by atoms with E-state index < -0.39 is 0 Å². The maximum Gasteiger partial charge on any atom is 0.143 e. The van der Waals surface area contributed by atoms with Gasteiger partial charge >= 0.3 is 0 Å². The Balaban J connectivity index is 1.76. The number of rotatable bonds is 3. The normalized spacial score (nSPS) is 13.8. The monoisotopic (exact) mass is 338 g/mol. The summed E-state index contributed by atoms with van der Waals surface area (Å²) in [5.74, 6) is 1.78. The summed E-state index contributed by atoms with van der Waals surface area (Å²) >= 11 is 1.85. The molecule has 1 aliphatic carbocycles. The Hall–Kier alpha value is -2.14. The minimum atomic E-state index is 0.827. The standard InChI is InChI=1S/C19H22N4S/c1-12-20-18(22-13-8-10-14(11-9-13)23(2)3)17-15-6-4-5-7-16(15)24-19(17)21-12/h8-11H,4-7H2,1-3H3,(H,20,21,22). The number of aromatic nitrogens is 2. The minimum absolute atomic E-state index is 0.827. The predicted molar refractivity (Wildman–Crippen MR) is 103 cm³/mol. The third-order valence-corrected chi connectivity index (χ3v) is 5.76. The molecule has 2 aromatic heterocycles. The molecule has 0 saturated carbocycles. The number of nitrogens with zero attached hydrogens (tertiary/aromatic N) is 3. The van der Waals surface area contributed by atoms with Crippen LogP contribution in [-0.2, 0) is 12.8 Å². The fourth-order valence-electron chi connectivity index (χ4n) is 3.33. The number of hydrogen-bond acceptors (Lipinski definition) is 5. The molecule has 124 valence electrons. The molecule has 0 fully saturated rings. The van der Waals surface area contributed by atoms with E-state index in [9.17, 15) is 0 Å². The van der Waals surface area contributed by atoms with Gasteiger partial charge in [0.2, 0.25) is 0 Å². The molecule has 24 heavy (non-hydrogen) atoms. The Bertz CT molecular complexity index is 881. The fourth-order valence-corrected chi connectivity index (χ4v) is 4.64. The Morgan fingerprint density at radius 2 is 1.79 bits per heavy atom.